The van der Waals surface area contributed by atoms with Crippen molar-refractivity contribution < 1.29 is 22.8 Å². The molecular formula is C16H22ClF3N4O2. The summed E-state index contributed by atoms with van der Waals surface area (Å²) in [6.07, 6.45) is -3.09. The van der Waals surface area contributed by atoms with Gasteiger partial charge in [0.15, 0.2) is 0 Å². The second-order valence-electron chi connectivity index (χ2n) is 5.84. The van der Waals surface area contributed by atoms with Gasteiger partial charge in [-0.2, -0.15) is 13.2 Å². The van der Waals surface area contributed by atoms with Crippen LogP contribution in [-0.2, 0) is 15.8 Å². The molecule has 0 aliphatic rings. The molecule has 2 amide bonds. The van der Waals surface area contributed by atoms with Gasteiger partial charge in [0.2, 0.25) is 11.8 Å². The smallest absolute Gasteiger partial charge is 0.368 e. The minimum atomic E-state index is -4.53. The lowest BCUT2D eigenvalue weighted by Gasteiger charge is -2.17. The number of pyridine rings is 1. The topological polar surface area (TPSA) is 83.1 Å². The molecule has 146 valence electrons. The first kappa shape index (κ1) is 22.0. The van der Waals surface area contributed by atoms with Crippen LogP contribution in [0, 0.1) is 0 Å². The van der Waals surface area contributed by atoms with Crippen molar-refractivity contribution in [1.29, 1.82) is 0 Å². The molecule has 3 N–H and O–H groups in total. The molecule has 0 saturated carbocycles. The summed E-state index contributed by atoms with van der Waals surface area (Å²) in [6, 6.07) is 0.0823. The van der Waals surface area contributed by atoms with Crippen LogP contribution in [0.3, 0.4) is 0 Å². The van der Waals surface area contributed by atoms with Gasteiger partial charge in [-0.25, -0.2) is 4.98 Å². The van der Waals surface area contributed by atoms with Crippen molar-refractivity contribution in [3.05, 3.63) is 22.8 Å². The molecule has 1 rings (SSSR count). The molecule has 1 heterocycles. The molecule has 10 heteroatoms. The molecule has 0 bridgehead atoms. The molecule has 0 fully saturated rings. The van der Waals surface area contributed by atoms with Crippen LogP contribution in [0.4, 0.5) is 19.0 Å². The Hall–Kier alpha value is -2.03. The summed E-state index contributed by atoms with van der Waals surface area (Å²) in [4.78, 5) is 27.3. The monoisotopic (exact) mass is 394 g/mol. The van der Waals surface area contributed by atoms with E-state index in [0.717, 1.165) is 12.5 Å². The summed E-state index contributed by atoms with van der Waals surface area (Å²) in [5.74, 6) is -0.615. The minimum Gasteiger partial charge on any atom is -0.368 e. The SMILES string of the molecule is CCC(C)NC(=O)C(C)NC(=O)CCNc1ncc(C(F)(F)F)cc1Cl. The third kappa shape index (κ3) is 7.07. The van der Waals surface area contributed by atoms with Crippen LogP contribution in [-0.4, -0.2) is 35.4 Å². The first-order chi connectivity index (χ1) is 12.0. The molecule has 26 heavy (non-hydrogen) atoms. The summed E-state index contributed by atoms with van der Waals surface area (Å²) in [7, 11) is 0. The Bertz CT molecular complexity index is 640. The molecule has 0 aromatic carbocycles. The summed E-state index contributed by atoms with van der Waals surface area (Å²) in [5, 5.41) is 7.80. The van der Waals surface area contributed by atoms with Crippen LogP contribution in [0.25, 0.3) is 0 Å². The zero-order valence-electron chi connectivity index (χ0n) is 14.7. The van der Waals surface area contributed by atoms with Crippen LogP contribution >= 0.6 is 11.6 Å². The Morgan fingerprint density at radius 3 is 2.46 bits per heavy atom. The van der Waals surface area contributed by atoms with E-state index in [0.29, 0.717) is 6.20 Å². The number of rotatable bonds is 8. The van der Waals surface area contributed by atoms with Crippen LogP contribution in [0.2, 0.25) is 5.02 Å². The third-order valence-electron chi connectivity index (χ3n) is 3.58. The summed E-state index contributed by atoms with van der Waals surface area (Å²) >= 11 is 5.76. The van der Waals surface area contributed by atoms with Gasteiger partial charge >= 0.3 is 6.18 Å². The van der Waals surface area contributed by atoms with Crippen molar-refractivity contribution in [3.8, 4) is 0 Å². The van der Waals surface area contributed by atoms with Crippen molar-refractivity contribution in [1.82, 2.24) is 15.6 Å². The van der Waals surface area contributed by atoms with E-state index >= 15 is 0 Å². The normalized spacial score (nSPS) is 13.7. The maximum absolute atomic E-state index is 12.5. The van der Waals surface area contributed by atoms with Crippen LogP contribution in [0.1, 0.15) is 39.2 Å². The van der Waals surface area contributed by atoms with E-state index in [-0.39, 0.29) is 41.7 Å². The lowest BCUT2D eigenvalue weighted by atomic mass is 10.2. The van der Waals surface area contributed by atoms with Crippen molar-refractivity contribution in [2.75, 3.05) is 11.9 Å². The Kier molecular flexibility index (Phi) is 8.13. The highest BCUT2D eigenvalue weighted by atomic mass is 35.5. The lowest BCUT2D eigenvalue weighted by Crippen LogP contribution is -2.47. The molecule has 1 aromatic rings. The van der Waals surface area contributed by atoms with E-state index in [1.165, 1.54) is 0 Å². The quantitative estimate of drug-likeness (QED) is 0.633. The van der Waals surface area contributed by atoms with Gasteiger partial charge in [0, 0.05) is 25.2 Å². The highest BCUT2D eigenvalue weighted by molar-refractivity contribution is 6.32. The summed E-state index contributed by atoms with van der Waals surface area (Å²) in [6.45, 7) is 5.46. The number of carbonyl (C=O) groups is 2. The molecule has 0 radical (unpaired) electrons. The maximum Gasteiger partial charge on any atom is 0.417 e. The number of carbonyl (C=O) groups excluding carboxylic acids is 2. The molecule has 1 aromatic heterocycles. The van der Waals surface area contributed by atoms with Crippen LogP contribution < -0.4 is 16.0 Å². The lowest BCUT2D eigenvalue weighted by molar-refractivity contribution is -0.137. The molecular weight excluding hydrogens is 373 g/mol. The van der Waals surface area contributed by atoms with Gasteiger partial charge in [-0.1, -0.05) is 18.5 Å². The number of halogens is 4. The molecule has 0 saturated heterocycles. The average Bonchev–Trinajstić information content (AvgIpc) is 2.54. The number of aromatic nitrogens is 1. The van der Waals surface area contributed by atoms with Gasteiger partial charge in [-0.05, 0) is 26.3 Å². The first-order valence-corrected chi connectivity index (χ1v) is 8.48. The van der Waals surface area contributed by atoms with Gasteiger partial charge in [0.05, 0.1) is 10.6 Å². The summed E-state index contributed by atoms with van der Waals surface area (Å²) in [5.41, 5.74) is -0.952. The highest BCUT2D eigenvalue weighted by Gasteiger charge is 2.31. The predicted molar refractivity (Wildman–Crippen MR) is 92.9 cm³/mol. The Morgan fingerprint density at radius 1 is 1.27 bits per heavy atom. The highest BCUT2D eigenvalue weighted by Crippen LogP contribution is 2.32. The van der Waals surface area contributed by atoms with Crippen LogP contribution in [0.15, 0.2) is 12.3 Å². The standard InChI is InChI=1S/C16H22ClF3N4O2/c1-4-9(2)23-15(26)10(3)24-13(25)5-6-21-14-12(17)7-11(8-22-14)16(18,19)20/h7-10H,4-6H2,1-3H3,(H,21,22)(H,23,26)(H,24,25). The van der Waals surface area contributed by atoms with Crippen molar-refractivity contribution in [3.63, 3.8) is 0 Å². The van der Waals surface area contributed by atoms with Gasteiger partial charge in [0.25, 0.3) is 0 Å². The zero-order valence-corrected chi connectivity index (χ0v) is 15.5. The zero-order chi connectivity index (χ0) is 19.9. The van der Waals surface area contributed by atoms with E-state index in [4.69, 9.17) is 11.6 Å². The molecule has 6 nitrogen and oxygen atoms in total. The van der Waals surface area contributed by atoms with E-state index in [9.17, 15) is 22.8 Å². The number of amides is 2. The predicted octanol–water partition coefficient (Wildman–Crippen LogP) is 2.98. The van der Waals surface area contributed by atoms with Crippen molar-refractivity contribution in [2.45, 2.75) is 51.9 Å². The third-order valence-corrected chi connectivity index (χ3v) is 3.87. The average molecular weight is 395 g/mol. The Balaban J connectivity index is 2.45. The van der Waals surface area contributed by atoms with Crippen molar-refractivity contribution in [2.24, 2.45) is 0 Å². The van der Waals surface area contributed by atoms with E-state index < -0.39 is 17.8 Å². The maximum atomic E-state index is 12.5. The number of alkyl halides is 3. The number of nitrogens with zero attached hydrogens (tertiary/aromatic N) is 1. The van der Waals surface area contributed by atoms with Gasteiger partial charge < -0.3 is 16.0 Å². The molecule has 2 unspecified atom stereocenters. The van der Waals surface area contributed by atoms with Gasteiger partial charge in [0.1, 0.15) is 11.9 Å². The fourth-order valence-corrected chi connectivity index (χ4v) is 2.10. The minimum absolute atomic E-state index is 0.0000174. The van der Waals surface area contributed by atoms with Crippen LogP contribution in [0.5, 0.6) is 0 Å². The molecule has 0 aliphatic carbocycles. The fourth-order valence-electron chi connectivity index (χ4n) is 1.87. The van der Waals surface area contributed by atoms with E-state index in [2.05, 4.69) is 20.9 Å². The summed E-state index contributed by atoms with van der Waals surface area (Å²) < 4.78 is 37.6. The molecule has 0 aliphatic heterocycles. The van der Waals surface area contributed by atoms with Gasteiger partial charge in [-0.15, -0.1) is 0 Å². The van der Waals surface area contributed by atoms with E-state index in [1.807, 2.05) is 13.8 Å². The number of anilines is 1. The molecule has 2 atom stereocenters. The second-order valence-corrected chi connectivity index (χ2v) is 6.24. The van der Waals surface area contributed by atoms with Crippen molar-refractivity contribution >= 4 is 29.2 Å². The van der Waals surface area contributed by atoms with E-state index in [1.54, 1.807) is 6.92 Å². The number of hydrogen-bond acceptors (Lipinski definition) is 4. The van der Waals surface area contributed by atoms with Gasteiger partial charge in [-0.3, -0.25) is 9.59 Å². The Labute approximate surface area is 154 Å². The Morgan fingerprint density at radius 2 is 1.92 bits per heavy atom. The first-order valence-electron chi connectivity index (χ1n) is 8.11. The number of hydrogen-bond donors (Lipinski definition) is 3. The fraction of sp³-hybridized carbons (Fsp3) is 0.562. The largest absolute Gasteiger partial charge is 0.417 e. The molecule has 0 spiro atoms. The number of nitrogens with one attached hydrogen (secondary N) is 3. The second kappa shape index (κ2) is 9.61.